The Morgan fingerprint density at radius 3 is 2.48 bits per heavy atom. The number of halogens is 1. The number of benzene rings is 1. The van der Waals surface area contributed by atoms with Crippen LogP contribution in [0.3, 0.4) is 0 Å². The molecule has 1 aliphatic rings. The van der Waals surface area contributed by atoms with Gasteiger partial charge in [-0.3, -0.25) is 9.59 Å². The summed E-state index contributed by atoms with van der Waals surface area (Å²) < 4.78 is 0.979. The summed E-state index contributed by atoms with van der Waals surface area (Å²) in [7, 11) is 0. The smallest absolute Gasteiger partial charge is 0.243 e. The van der Waals surface area contributed by atoms with Gasteiger partial charge < -0.3 is 15.3 Å². The number of nitrogens with zero attached hydrogens (tertiary/aromatic N) is 1. The number of rotatable bonds is 4. The van der Waals surface area contributed by atoms with Gasteiger partial charge in [0.05, 0.1) is 12.1 Å². The minimum absolute atomic E-state index is 0.0829. The third-order valence-corrected chi connectivity index (χ3v) is 4.84. The van der Waals surface area contributed by atoms with E-state index in [-0.39, 0.29) is 36.2 Å². The van der Waals surface area contributed by atoms with Gasteiger partial charge in [0.25, 0.3) is 0 Å². The van der Waals surface area contributed by atoms with Crippen molar-refractivity contribution >= 4 is 27.7 Å². The van der Waals surface area contributed by atoms with Crippen LogP contribution in [0.5, 0.6) is 0 Å². The molecule has 138 valence electrons. The molecule has 1 aromatic rings. The summed E-state index contributed by atoms with van der Waals surface area (Å²) in [5.41, 5.74) is 0.832. The van der Waals surface area contributed by atoms with Crippen LogP contribution in [-0.2, 0) is 9.59 Å². The number of nitrogens with one attached hydrogen (secondary N) is 1. The zero-order chi connectivity index (χ0) is 18.8. The van der Waals surface area contributed by atoms with Crippen LogP contribution in [0.15, 0.2) is 28.7 Å². The van der Waals surface area contributed by atoms with Crippen LogP contribution in [0.25, 0.3) is 0 Å². The molecule has 5 nitrogen and oxygen atoms in total. The van der Waals surface area contributed by atoms with Gasteiger partial charge in [0, 0.05) is 23.9 Å². The van der Waals surface area contributed by atoms with Crippen molar-refractivity contribution in [3.8, 4) is 0 Å². The van der Waals surface area contributed by atoms with E-state index in [0.717, 1.165) is 10.0 Å². The number of β-amino-alcohol motifs (C(OH)–C–C–N with tert-alkyl or cyclic N) is 1. The summed E-state index contributed by atoms with van der Waals surface area (Å²) in [6.45, 7) is 8.10. The second-order valence-corrected chi connectivity index (χ2v) is 8.89. The number of hydrogen-bond acceptors (Lipinski definition) is 3. The fraction of sp³-hybridized carbons (Fsp3) is 0.579. The fourth-order valence-electron chi connectivity index (χ4n) is 3.04. The van der Waals surface area contributed by atoms with Crippen LogP contribution in [-0.4, -0.2) is 40.5 Å². The van der Waals surface area contributed by atoms with Crippen molar-refractivity contribution in [2.24, 2.45) is 5.41 Å². The van der Waals surface area contributed by atoms with Gasteiger partial charge in [-0.05, 0) is 30.0 Å². The van der Waals surface area contributed by atoms with Crippen molar-refractivity contribution in [3.63, 3.8) is 0 Å². The summed E-state index contributed by atoms with van der Waals surface area (Å²) in [5.74, 6) is -0.297. The molecular weight excluding hydrogens is 384 g/mol. The standard InChI is InChI=1S/C19H27BrN2O3/c1-12(13-5-7-14(20)8-6-13)21-18(25)16-9-15(23)11-22(16)17(24)10-19(2,3)4/h5-8,12,15-16,23H,9-11H2,1-4H3,(H,21,25)/t12-,15+,16-/m0/s1. The number of carbonyl (C=O) groups excluding carboxylic acids is 2. The monoisotopic (exact) mass is 410 g/mol. The second-order valence-electron chi connectivity index (χ2n) is 7.97. The molecular formula is C19H27BrN2O3. The van der Waals surface area contributed by atoms with Crippen LogP contribution < -0.4 is 5.32 Å². The van der Waals surface area contributed by atoms with E-state index in [1.54, 1.807) is 0 Å². The molecule has 2 amide bonds. The van der Waals surface area contributed by atoms with Crippen molar-refractivity contribution in [2.45, 2.75) is 58.7 Å². The zero-order valence-corrected chi connectivity index (χ0v) is 16.8. The Labute approximate surface area is 157 Å². The summed E-state index contributed by atoms with van der Waals surface area (Å²) in [5, 5.41) is 12.9. The van der Waals surface area contributed by atoms with E-state index < -0.39 is 12.1 Å². The Morgan fingerprint density at radius 2 is 1.92 bits per heavy atom. The maximum Gasteiger partial charge on any atom is 0.243 e. The third-order valence-electron chi connectivity index (χ3n) is 4.31. The van der Waals surface area contributed by atoms with E-state index in [9.17, 15) is 14.7 Å². The van der Waals surface area contributed by atoms with Crippen LogP contribution in [0.4, 0.5) is 0 Å². The molecule has 0 spiro atoms. The summed E-state index contributed by atoms with van der Waals surface area (Å²) in [4.78, 5) is 26.8. The highest BCUT2D eigenvalue weighted by Gasteiger charge is 2.39. The molecule has 1 aromatic carbocycles. The van der Waals surface area contributed by atoms with E-state index in [2.05, 4.69) is 21.2 Å². The van der Waals surface area contributed by atoms with Gasteiger partial charge in [0.15, 0.2) is 0 Å². The zero-order valence-electron chi connectivity index (χ0n) is 15.3. The largest absolute Gasteiger partial charge is 0.391 e. The normalized spacial score (nSPS) is 21.9. The second kappa shape index (κ2) is 7.87. The van der Waals surface area contributed by atoms with Gasteiger partial charge in [-0.25, -0.2) is 0 Å². The van der Waals surface area contributed by atoms with Crippen LogP contribution in [0.1, 0.15) is 52.1 Å². The topological polar surface area (TPSA) is 69.6 Å². The first-order valence-corrected chi connectivity index (χ1v) is 9.39. The third kappa shape index (κ3) is 5.54. The molecule has 0 aromatic heterocycles. The van der Waals surface area contributed by atoms with E-state index in [0.29, 0.717) is 6.42 Å². The van der Waals surface area contributed by atoms with E-state index in [4.69, 9.17) is 0 Å². The predicted octanol–water partition coefficient (Wildman–Crippen LogP) is 3.02. The van der Waals surface area contributed by atoms with Crippen molar-refractivity contribution in [1.29, 1.82) is 0 Å². The molecule has 0 aliphatic carbocycles. The van der Waals surface area contributed by atoms with E-state index in [1.165, 1.54) is 4.90 Å². The highest BCUT2D eigenvalue weighted by molar-refractivity contribution is 9.10. The van der Waals surface area contributed by atoms with Gasteiger partial charge in [-0.15, -0.1) is 0 Å². The molecule has 1 heterocycles. The Balaban J connectivity index is 2.05. The predicted molar refractivity (Wildman–Crippen MR) is 101 cm³/mol. The minimum Gasteiger partial charge on any atom is -0.391 e. The number of amides is 2. The molecule has 1 aliphatic heterocycles. The van der Waals surface area contributed by atoms with Gasteiger partial charge in [-0.1, -0.05) is 48.8 Å². The average molecular weight is 411 g/mol. The maximum atomic E-state index is 12.7. The van der Waals surface area contributed by atoms with Crippen LogP contribution in [0.2, 0.25) is 0 Å². The molecule has 0 saturated carbocycles. The first kappa shape index (κ1) is 19.9. The van der Waals surface area contributed by atoms with Gasteiger partial charge in [-0.2, -0.15) is 0 Å². The first-order valence-electron chi connectivity index (χ1n) is 8.60. The summed E-state index contributed by atoms with van der Waals surface area (Å²) in [6, 6.07) is 6.97. The lowest BCUT2D eigenvalue weighted by Gasteiger charge is -2.28. The van der Waals surface area contributed by atoms with Crippen LogP contribution >= 0.6 is 15.9 Å². The molecule has 0 unspecified atom stereocenters. The Kier molecular flexibility index (Phi) is 6.27. The number of likely N-dealkylation sites (tertiary alicyclic amines) is 1. The Bertz CT molecular complexity index is 625. The molecule has 2 N–H and O–H groups in total. The number of carbonyl (C=O) groups is 2. The molecule has 1 saturated heterocycles. The average Bonchev–Trinajstić information content (AvgIpc) is 2.88. The van der Waals surface area contributed by atoms with Gasteiger partial charge >= 0.3 is 0 Å². The van der Waals surface area contributed by atoms with Crippen LogP contribution in [0, 0.1) is 5.41 Å². The quantitative estimate of drug-likeness (QED) is 0.801. The van der Waals surface area contributed by atoms with E-state index in [1.807, 2.05) is 52.0 Å². The Morgan fingerprint density at radius 1 is 1.32 bits per heavy atom. The summed E-state index contributed by atoms with van der Waals surface area (Å²) >= 11 is 3.39. The lowest BCUT2D eigenvalue weighted by Crippen LogP contribution is -2.47. The molecule has 6 heteroatoms. The number of aliphatic hydroxyl groups excluding tert-OH is 1. The van der Waals surface area contributed by atoms with Crippen molar-refractivity contribution in [2.75, 3.05) is 6.54 Å². The lowest BCUT2D eigenvalue weighted by molar-refractivity contribution is -0.140. The lowest BCUT2D eigenvalue weighted by atomic mass is 9.91. The van der Waals surface area contributed by atoms with Gasteiger partial charge in [0.1, 0.15) is 6.04 Å². The van der Waals surface area contributed by atoms with E-state index >= 15 is 0 Å². The molecule has 3 atom stereocenters. The SMILES string of the molecule is C[C@H](NC(=O)[C@@H]1C[C@@H](O)CN1C(=O)CC(C)(C)C)c1ccc(Br)cc1. The van der Waals surface area contributed by atoms with Crippen molar-refractivity contribution in [3.05, 3.63) is 34.3 Å². The molecule has 2 rings (SSSR count). The highest BCUT2D eigenvalue weighted by atomic mass is 79.9. The molecule has 25 heavy (non-hydrogen) atoms. The van der Waals surface area contributed by atoms with Crippen molar-refractivity contribution in [1.82, 2.24) is 10.2 Å². The minimum atomic E-state index is -0.650. The molecule has 1 fully saturated rings. The number of aliphatic hydroxyl groups is 1. The first-order chi connectivity index (χ1) is 11.6. The Hall–Kier alpha value is -1.40. The van der Waals surface area contributed by atoms with Crippen molar-refractivity contribution < 1.29 is 14.7 Å². The van der Waals surface area contributed by atoms with Gasteiger partial charge in [0.2, 0.25) is 11.8 Å². The summed E-state index contributed by atoms with van der Waals surface area (Å²) in [6.07, 6.45) is -0.0109. The fourth-order valence-corrected chi connectivity index (χ4v) is 3.30. The number of hydrogen-bond donors (Lipinski definition) is 2. The highest BCUT2D eigenvalue weighted by Crippen LogP contribution is 2.26. The molecule has 0 radical (unpaired) electrons. The molecule has 0 bridgehead atoms. The maximum absolute atomic E-state index is 12.7.